The molecular formula is C39H70N2O32P2. The minimum Gasteiger partial charge on any atom is -0.394 e. The van der Waals surface area contributed by atoms with Crippen molar-refractivity contribution in [3.63, 3.8) is 0 Å². The Kier molecular flexibility index (Phi) is 21.5. The van der Waals surface area contributed by atoms with Gasteiger partial charge < -0.3 is 155 Å². The zero-order valence-electron chi connectivity index (χ0n) is 39.7. The van der Waals surface area contributed by atoms with Crippen LogP contribution in [0.15, 0.2) is 0 Å². The van der Waals surface area contributed by atoms with Crippen molar-refractivity contribution in [2.45, 2.75) is 184 Å². The van der Waals surface area contributed by atoms with Crippen LogP contribution in [0.2, 0.25) is 0 Å². The normalized spacial score (nSPS) is 52.5. The molecule has 22 N–H and O–H groups in total. The van der Waals surface area contributed by atoms with E-state index in [4.69, 9.17) is 67.7 Å². The number of aliphatic hydroxyl groups is 17. The van der Waals surface area contributed by atoms with E-state index in [1.165, 1.54) is 0 Å². The first-order valence-electron chi connectivity index (χ1n) is 23.8. The molecule has 0 amide bonds. The average Bonchev–Trinajstić information content (AvgIpc) is 3.78. The van der Waals surface area contributed by atoms with Crippen LogP contribution in [0.1, 0.15) is 0 Å². The lowest BCUT2D eigenvalue weighted by molar-refractivity contribution is -0.383. The summed E-state index contributed by atoms with van der Waals surface area (Å²) in [5.41, 5.74) is 11.6. The SMILES string of the molecule is CP1O[C@H]2C(O[C@H]3OC(CO)[C@@H](O[C@H]4OC(CO[C@H]5OC(CO)[C@@H](O)[C@H](O)C5O[C@H]5OC(COP(=O)(O)OCCN)[C@@H](O)[C@H](O)C5[C@H]5OC(CO)[C@@H](O)[C@H](O)C5O)[C@@H](O)[C@H](O)C4O)[C@H](O)C3N)C(O)[C@H](O)C(O)[C@@H]2O1. The summed E-state index contributed by atoms with van der Waals surface area (Å²) in [4.78, 5) is 10.1. The molecule has 0 spiro atoms. The van der Waals surface area contributed by atoms with Gasteiger partial charge in [-0.1, -0.05) is 0 Å². The zero-order chi connectivity index (χ0) is 55.1. The largest absolute Gasteiger partial charge is 0.472 e. The quantitative estimate of drug-likeness (QED) is 0.0534. The number of ether oxygens (including phenoxy) is 9. The second kappa shape index (κ2) is 26.1. The fraction of sp³-hybridized carbons (Fsp3) is 1.00. The first-order chi connectivity index (χ1) is 35.4. The van der Waals surface area contributed by atoms with Crippen LogP contribution in [0.3, 0.4) is 0 Å². The summed E-state index contributed by atoms with van der Waals surface area (Å²) in [6.45, 7) is -3.98. The molecule has 0 aromatic rings. The van der Waals surface area contributed by atoms with Crippen LogP contribution in [0.25, 0.3) is 0 Å². The number of rotatable bonds is 19. The smallest absolute Gasteiger partial charge is 0.394 e. The highest BCUT2D eigenvalue weighted by molar-refractivity contribution is 7.47. The second-order valence-corrected chi connectivity index (χ2v) is 21.7. The van der Waals surface area contributed by atoms with E-state index in [0.29, 0.717) is 0 Å². The number of nitrogens with two attached hydrogens (primary N) is 2. The maximum atomic E-state index is 12.5. The summed E-state index contributed by atoms with van der Waals surface area (Å²) >= 11 is 0. The van der Waals surface area contributed by atoms with Crippen molar-refractivity contribution in [1.82, 2.24) is 0 Å². The van der Waals surface area contributed by atoms with Gasteiger partial charge in [0, 0.05) is 13.2 Å². The first-order valence-corrected chi connectivity index (χ1v) is 26.9. The standard InChI is InChI=1S/C39H70N2O32P2/c1-74-72-33-28(57)24(53)27(56)32(35(33)73-74)70-37-15(41)21(50)30(11(6-44)66-37)69-38-29(58)23(52)19(48)12(68-38)7-61-39-34(25(54)17(46)10(5-43)65-39)71-36-14(31-26(55)22(51)16(45)9(4-42)64-31)20(49)18(47)13(67-36)8-63-75(59,60)62-3-2-40/h9-39,42-58H,2-8,40-41H2,1H3,(H,59,60)/t9?,10?,11?,12?,13?,14?,15?,16-,17-,18-,19-,20-,21-,22+,23+,24+,25+,26?,27?,28?,29?,30-,31-,32?,33+,34?,35+,36-,37-,38-,39+,74?/m1/s1. The molecule has 33 atom stereocenters. The van der Waals surface area contributed by atoms with E-state index in [2.05, 4.69) is 4.52 Å². The van der Waals surface area contributed by atoms with E-state index < -0.39 is 246 Å². The van der Waals surface area contributed by atoms with Crippen LogP contribution in [0.4, 0.5) is 0 Å². The topological polar surface area (TPSA) is 553 Å². The summed E-state index contributed by atoms with van der Waals surface area (Å²) < 4.78 is 85.9. The Hall–Kier alpha value is -0.660. The second-order valence-electron chi connectivity index (χ2n) is 19.0. The Bertz CT molecular complexity index is 1850. The molecule has 7 fully saturated rings. The molecule has 6 heterocycles. The Labute approximate surface area is 426 Å². The average molecular weight is 1140 g/mol. The Balaban J connectivity index is 1.08. The molecule has 7 aliphatic rings. The van der Waals surface area contributed by atoms with Crippen molar-refractivity contribution in [1.29, 1.82) is 0 Å². The van der Waals surface area contributed by atoms with E-state index in [-0.39, 0.29) is 6.54 Å². The Morgan fingerprint density at radius 1 is 0.467 bits per heavy atom. The Morgan fingerprint density at radius 2 is 0.947 bits per heavy atom. The molecule has 0 aromatic heterocycles. The fourth-order valence-corrected chi connectivity index (χ4v) is 11.8. The third-order valence-electron chi connectivity index (χ3n) is 14.1. The van der Waals surface area contributed by atoms with Crippen molar-refractivity contribution in [3.8, 4) is 0 Å². The van der Waals surface area contributed by atoms with Gasteiger partial charge in [-0.15, -0.1) is 0 Å². The third kappa shape index (κ3) is 13.0. The van der Waals surface area contributed by atoms with Crippen LogP contribution in [-0.2, 0) is 65.3 Å². The van der Waals surface area contributed by atoms with Crippen LogP contribution in [-0.4, -0.2) is 328 Å². The summed E-state index contributed by atoms with van der Waals surface area (Å²) in [6, 6.07) is -1.60. The molecule has 6 saturated heterocycles. The molecule has 6 aliphatic heterocycles. The molecular weight excluding hydrogens is 1070 g/mol. The Morgan fingerprint density at radius 3 is 1.60 bits per heavy atom. The van der Waals surface area contributed by atoms with Gasteiger partial charge in [-0.2, -0.15) is 0 Å². The highest BCUT2D eigenvalue weighted by Crippen LogP contribution is 2.51. The lowest BCUT2D eigenvalue weighted by atomic mass is 9.80. The van der Waals surface area contributed by atoms with Gasteiger partial charge >= 0.3 is 7.82 Å². The molecule has 36 heteroatoms. The van der Waals surface area contributed by atoms with Crippen LogP contribution >= 0.6 is 16.2 Å². The lowest BCUT2D eigenvalue weighted by Gasteiger charge is -2.51. The van der Waals surface area contributed by atoms with E-state index >= 15 is 0 Å². The predicted octanol–water partition coefficient (Wildman–Crippen LogP) is -12.4. The minimum absolute atomic E-state index is 0.214. The van der Waals surface area contributed by atoms with Gasteiger partial charge in [0.1, 0.15) is 140 Å². The van der Waals surface area contributed by atoms with Crippen molar-refractivity contribution in [3.05, 3.63) is 0 Å². The van der Waals surface area contributed by atoms with Gasteiger partial charge in [-0.25, -0.2) is 4.57 Å². The number of hydrogen-bond acceptors (Lipinski definition) is 33. The number of fused-ring (bicyclic) bond motifs is 1. The van der Waals surface area contributed by atoms with Crippen LogP contribution < -0.4 is 11.5 Å². The highest BCUT2D eigenvalue weighted by atomic mass is 31.2. The van der Waals surface area contributed by atoms with Crippen molar-refractivity contribution >= 4 is 16.2 Å². The van der Waals surface area contributed by atoms with Gasteiger partial charge in [-0.3, -0.25) is 9.05 Å². The fourth-order valence-electron chi connectivity index (χ4n) is 9.85. The number of phosphoric ester groups is 1. The van der Waals surface area contributed by atoms with Crippen molar-refractivity contribution in [2.75, 3.05) is 52.9 Å². The first kappa shape index (κ1) is 61.9. The van der Waals surface area contributed by atoms with E-state index in [1.807, 2.05) is 0 Å². The molecule has 15 unspecified atom stereocenters. The molecule has 7 rings (SSSR count). The monoisotopic (exact) mass is 1140 g/mol. The molecule has 34 nitrogen and oxygen atoms in total. The van der Waals surface area contributed by atoms with Gasteiger partial charge in [-0.05, 0) is 0 Å². The molecule has 0 bridgehead atoms. The van der Waals surface area contributed by atoms with Crippen molar-refractivity contribution < 1.29 is 157 Å². The molecule has 0 aromatic carbocycles. The number of aliphatic hydroxyl groups excluding tert-OH is 17. The summed E-state index contributed by atoms with van der Waals surface area (Å²) in [5, 5.41) is 184. The predicted molar refractivity (Wildman–Crippen MR) is 234 cm³/mol. The van der Waals surface area contributed by atoms with E-state index in [0.717, 1.165) is 0 Å². The zero-order valence-corrected chi connectivity index (χ0v) is 41.5. The molecule has 438 valence electrons. The van der Waals surface area contributed by atoms with Crippen LogP contribution in [0, 0.1) is 5.92 Å². The van der Waals surface area contributed by atoms with E-state index in [9.17, 15) is 96.3 Å². The van der Waals surface area contributed by atoms with Gasteiger partial charge in [0.15, 0.2) is 33.5 Å². The maximum Gasteiger partial charge on any atom is 0.472 e. The number of hydrogen-bond donors (Lipinski definition) is 20. The van der Waals surface area contributed by atoms with Gasteiger partial charge in [0.25, 0.3) is 0 Å². The van der Waals surface area contributed by atoms with Crippen molar-refractivity contribution in [2.24, 2.45) is 17.4 Å². The molecule has 0 radical (unpaired) electrons. The minimum atomic E-state index is -4.90. The summed E-state index contributed by atoms with van der Waals surface area (Å²) in [6.07, 6.45) is -53.8. The lowest BCUT2D eigenvalue weighted by Crippen LogP contribution is -2.69. The highest BCUT2D eigenvalue weighted by Gasteiger charge is 2.60. The van der Waals surface area contributed by atoms with Crippen LogP contribution in [0.5, 0.6) is 0 Å². The van der Waals surface area contributed by atoms with Gasteiger partial charge in [0.2, 0.25) is 0 Å². The summed E-state index contributed by atoms with van der Waals surface area (Å²) in [5.74, 6) is -1.92. The molecule has 75 heavy (non-hydrogen) atoms. The third-order valence-corrected chi connectivity index (χ3v) is 16.1. The number of phosphoric acid groups is 1. The maximum absolute atomic E-state index is 12.5. The molecule has 1 aliphatic carbocycles. The molecule has 1 saturated carbocycles. The summed E-state index contributed by atoms with van der Waals surface area (Å²) in [7, 11) is -6.48. The van der Waals surface area contributed by atoms with E-state index in [1.54, 1.807) is 6.66 Å². The van der Waals surface area contributed by atoms with Gasteiger partial charge in [0.05, 0.1) is 63.8 Å².